The predicted molar refractivity (Wildman–Crippen MR) is 55.8 cm³/mol. The number of nitrogens with two attached hydrogens (primary N) is 1. The predicted octanol–water partition coefficient (Wildman–Crippen LogP) is 0.807. The molecular weight excluding hydrogens is 176 g/mol. The fourth-order valence-corrected chi connectivity index (χ4v) is 1.99. The summed E-state index contributed by atoms with van der Waals surface area (Å²) in [7, 11) is 4.09. The minimum atomic E-state index is 0.144. The molecule has 3 N–H and O–H groups in total. The number of nitrogens with one attached hydrogen (secondary N) is 1. The van der Waals surface area contributed by atoms with Gasteiger partial charge in [0, 0.05) is 11.7 Å². The van der Waals surface area contributed by atoms with Crippen molar-refractivity contribution in [3.63, 3.8) is 0 Å². The third kappa shape index (κ3) is 1.81. The highest BCUT2D eigenvalue weighted by atomic mass is 15.1. The van der Waals surface area contributed by atoms with Crippen LogP contribution in [0, 0.1) is 0 Å². The number of aryl methyl sites for hydroxylation is 1. The summed E-state index contributed by atoms with van der Waals surface area (Å²) >= 11 is 0. The van der Waals surface area contributed by atoms with Crippen LogP contribution in [0.4, 0.5) is 0 Å². The zero-order chi connectivity index (χ0) is 10.1. The molecular formula is C10H18N4. The number of hydrogen-bond donors (Lipinski definition) is 2. The maximum Gasteiger partial charge on any atom is 0.120 e. The molecule has 78 valence electrons. The first-order chi connectivity index (χ1) is 6.66. The Morgan fingerprint density at radius 1 is 1.57 bits per heavy atom. The zero-order valence-corrected chi connectivity index (χ0v) is 8.88. The summed E-state index contributed by atoms with van der Waals surface area (Å²) < 4.78 is 0. The van der Waals surface area contributed by atoms with Crippen molar-refractivity contribution in [3.05, 3.63) is 17.2 Å². The van der Waals surface area contributed by atoms with E-state index in [9.17, 15) is 0 Å². The number of hydrogen-bond acceptors (Lipinski definition) is 3. The summed E-state index contributed by atoms with van der Waals surface area (Å²) in [4.78, 5) is 10.0. The van der Waals surface area contributed by atoms with Crippen LogP contribution in [0.1, 0.15) is 36.1 Å². The lowest BCUT2D eigenvalue weighted by atomic mass is 9.97. The van der Waals surface area contributed by atoms with E-state index in [0.717, 1.165) is 30.9 Å². The fraction of sp³-hybridized carbons (Fsp3) is 0.700. The first kappa shape index (κ1) is 9.68. The summed E-state index contributed by atoms with van der Waals surface area (Å²) in [5.41, 5.74) is 8.34. The van der Waals surface area contributed by atoms with Crippen molar-refractivity contribution in [3.8, 4) is 0 Å². The SMILES string of the molecule is CN(C)Cc1nc2c([nH]1)CCCC2N. The molecule has 1 aliphatic rings. The summed E-state index contributed by atoms with van der Waals surface area (Å²) in [6, 6.07) is 0.144. The van der Waals surface area contributed by atoms with Gasteiger partial charge in [0.15, 0.2) is 0 Å². The molecule has 0 radical (unpaired) electrons. The van der Waals surface area contributed by atoms with Crippen LogP contribution in [-0.4, -0.2) is 29.0 Å². The van der Waals surface area contributed by atoms with Gasteiger partial charge in [-0.15, -0.1) is 0 Å². The lowest BCUT2D eigenvalue weighted by molar-refractivity contribution is 0.391. The lowest BCUT2D eigenvalue weighted by Gasteiger charge is -2.15. The smallest absolute Gasteiger partial charge is 0.120 e. The monoisotopic (exact) mass is 194 g/mol. The molecule has 2 rings (SSSR count). The molecule has 1 aliphatic carbocycles. The van der Waals surface area contributed by atoms with E-state index in [-0.39, 0.29) is 6.04 Å². The van der Waals surface area contributed by atoms with E-state index in [0.29, 0.717) is 0 Å². The molecule has 4 heteroatoms. The van der Waals surface area contributed by atoms with Gasteiger partial charge >= 0.3 is 0 Å². The number of aromatic amines is 1. The third-order valence-corrected chi connectivity index (χ3v) is 2.62. The number of rotatable bonds is 2. The molecule has 0 amide bonds. The van der Waals surface area contributed by atoms with Crippen LogP contribution < -0.4 is 5.73 Å². The van der Waals surface area contributed by atoms with E-state index in [1.54, 1.807) is 0 Å². The van der Waals surface area contributed by atoms with E-state index in [1.807, 2.05) is 14.1 Å². The molecule has 0 fully saturated rings. The number of imidazole rings is 1. The van der Waals surface area contributed by atoms with E-state index >= 15 is 0 Å². The Bertz CT molecular complexity index is 316. The van der Waals surface area contributed by atoms with Crippen LogP contribution in [0.3, 0.4) is 0 Å². The van der Waals surface area contributed by atoms with Crippen LogP contribution in [0.2, 0.25) is 0 Å². The van der Waals surface area contributed by atoms with Gasteiger partial charge in [-0.05, 0) is 33.4 Å². The molecule has 1 aromatic heterocycles. The molecule has 0 saturated heterocycles. The van der Waals surface area contributed by atoms with Gasteiger partial charge in [0.1, 0.15) is 5.82 Å². The van der Waals surface area contributed by atoms with E-state index < -0.39 is 0 Å². The molecule has 0 spiro atoms. The Morgan fingerprint density at radius 2 is 2.36 bits per heavy atom. The highest BCUT2D eigenvalue weighted by Gasteiger charge is 2.20. The molecule has 1 heterocycles. The van der Waals surface area contributed by atoms with Gasteiger partial charge in [0.05, 0.1) is 12.2 Å². The van der Waals surface area contributed by atoms with Gasteiger partial charge in [-0.1, -0.05) is 0 Å². The Labute approximate surface area is 84.5 Å². The Balaban J connectivity index is 2.21. The van der Waals surface area contributed by atoms with Gasteiger partial charge in [-0.2, -0.15) is 0 Å². The van der Waals surface area contributed by atoms with E-state index in [1.165, 1.54) is 12.1 Å². The Kier molecular flexibility index (Phi) is 2.56. The van der Waals surface area contributed by atoms with Crippen molar-refractivity contribution in [2.45, 2.75) is 31.8 Å². The molecule has 0 aromatic carbocycles. The number of aromatic nitrogens is 2. The molecule has 0 saturated carbocycles. The minimum Gasteiger partial charge on any atom is -0.344 e. The van der Waals surface area contributed by atoms with Crippen LogP contribution in [-0.2, 0) is 13.0 Å². The zero-order valence-electron chi connectivity index (χ0n) is 8.88. The van der Waals surface area contributed by atoms with Crippen LogP contribution >= 0.6 is 0 Å². The van der Waals surface area contributed by atoms with Gasteiger partial charge in [0.25, 0.3) is 0 Å². The van der Waals surface area contributed by atoms with Crippen LogP contribution in [0.5, 0.6) is 0 Å². The molecule has 1 atom stereocenters. The standard InChI is InChI=1S/C10H18N4/c1-14(2)6-9-12-8-5-3-4-7(11)10(8)13-9/h7H,3-6,11H2,1-2H3,(H,12,13). The lowest BCUT2D eigenvalue weighted by Crippen LogP contribution is -2.17. The molecule has 4 nitrogen and oxygen atoms in total. The third-order valence-electron chi connectivity index (χ3n) is 2.62. The topological polar surface area (TPSA) is 57.9 Å². The van der Waals surface area contributed by atoms with Crippen LogP contribution in [0.15, 0.2) is 0 Å². The normalized spacial score (nSPS) is 21.3. The maximum atomic E-state index is 5.99. The summed E-state index contributed by atoms with van der Waals surface area (Å²) in [5, 5.41) is 0. The molecule has 0 bridgehead atoms. The molecule has 14 heavy (non-hydrogen) atoms. The van der Waals surface area contributed by atoms with Crippen molar-refractivity contribution >= 4 is 0 Å². The second-order valence-electron chi connectivity index (χ2n) is 4.28. The quantitative estimate of drug-likeness (QED) is 0.732. The number of H-pyrrole nitrogens is 1. The minimum absolute atomic E-state index is 0.144. The van der Waals surface area contributed by atoms with Crippen LogP contribution in [0.25, 0.3) is 0 Å². The van der Waals surface area contributed by atoms with Crippen molar-refractivity contribution in [1.82, 2.24) is 14.9 Å². The molecule has 1 unspecified atom stereocenters. The molecule has 0 aliphatic heterocycles. The summed E-state index contributed by atoms with van der Waals surface area (Å²) in [5.74, 6) is 1.04. The number of nitrogens with zero attached hydrogens (tertiary/aromatic N) is 2. The second-order valence-corrected chi connectivity index (χ2v) is 4.28. The van der Waals surface area contributed by atoms with Crippen molar-refractivity contribution in [2.75, 3.05) is 14.1 Å². The Morgan fingerprint density at radius 3 is 3.00 bits per heavy atom. The van der Waals surface area contributed by atoms with Gasteiger partial charge < -0.3 is 15.6 Å². The van der Waals surface area contributed by atoms with Crippen molar-refractivity contribution < 1.29 is 0 Å². The molecule has 1 aromatic rings. The first-order valence-electron chi connectivity index (χ1n) is 5.15. The Hall–Kier alpha value is -0.870. The first-order valence-corrected chi connectivity index (χ1v) is 5.15. The fourth-order valence-electron chi connectivity index (χ4n) is 1.99. The number of fused-ring (bicyclic) bond motifs is 1. The van der Waals surface area contributed by atoms with Gasteiger partial charge in [0.2, 0.25) is 0 Å². The summed E-state index contributed by atoms with van der Waals surface area (Å²) in [6.45, 7) is 0.861. The average molecular weight is 194 g/mol. The largest absolute Gasteiger partial charge is 0.344 e. The summed E-state index contributed by atoms with van der Waals surface area (Å²) in [6.07, 6.45) is 3.35. The van der Waals surface area contributed by atoms with Crippen molar-refractivity contribution in [1.29, 1.82) is 0 Å². The highest BCUT2D eigenvalue weighted by Crippen LogP contribution is 2.25. The highest BCUT2D eigenvalue weighted by molar-refractivity contribution is 5.21. The van der Waals surface area contributed by atoms with E-state index in [4.69, 9.17) is 5.73 Å². The van der Waals surface area contributed by atoms with E-state index in [2.05, 4.69) is 14.9 Å². The second kappa shape index (κ2) is 3.71. The van der Waals surface area contributed by atoms with Gasteiger partial charge in [-0.25, -0.2) is 4.98 Å². The average Bonchev–Trinajstić information content (AvgIpc) is 2.47. The maximum absolute atomic E-state index is 5.99. The van der Waals surface area contributed by atoms with Gasteiger partial charge in [-0.3, -0.25) is 0 Å². The van der Waals surface area contributed by atoms with Crippen molar-refractivity contribution in [2.24, 2.45) is 5.73 Å².